The summed E-state index contributed by atoms with van der Waals surface area (Å²) in [6.45, 7) is 4.32. The van der Waals surface area contributed by atoms with Crippen molar-refractivity contribution in [2.45, 2.75) is 26.3 Å². The third-order valence-corrected chi connectivity index (χ3v) is 3.84. The Labute approximate surface area is 135 Å². The molecule has 0 radical (unpaired) electrons. The fourth-order valence-corrected chi connectivity index (χ4v) is 2.74. The highest BCUT2D eigenvalue weighted by Gasteiger charge is 2.14. The van der Waals surface area contributed by atoms with E-state index in [1.165, 1.54) is 0 Å². The number of pyridine rings is 1. The summed E-state index contributed by atoms with van der Waals surface area (Å²) in [5.74, 6) is 2.12. The zero-order valence-corrected chi connectivity index (χ0v) is 13.7. The van der Waals surface area contributed by atoms with Crippen LogP contribution in [0.15, 0.2) is 36.5 Å². The lowest BCUT2D eigenvalue weighted by atomic mass is 10.0. The second kappa shape index (κ2) is 6.38. The molecule has 1 atom stereocenters. The Balaban J connectivity index is 1.99. The summed E-state index contributed by atoms with van der Waals surface area (Å²) in [4.78, 5) is 12.4. The third-order valence-electron chi connectivity index (χ3n) is 3.84. The largest absolute Gasteiger partial charge is 0.494 e. The number of ether oxygens (including phenoxy) is 1. The van der Waals surface area contributed by atoms with Gasteiger partial charge in [0, 0.05) is 11.8 Å². The number of nitrogens with one attached hydrogen (secondary N) is 1. The molecule has 23 heavy (non-hydrogen) atoms. The first-order valence-electron chi connectivity index (χ1n) is 7.83. The van der Waals surface area contributed by atoms with Gasteiger partial charge in [-0.1, -0.05) is 19.9 Å². The van der Waals surface area contributed by atoms with Crippen LogP contribution in [-0.4, -0.2) is 22.1 Å². The van der Waals surface area contributed by atoms with Gasteiger partial charge in [-0.2, -0.15) is 0 Å². The highest BCUT2D eigenvalue weighted by molar-refractivity contribution is 5.82. The van der Waals surface area contributed by atoms with Gasteiger partial charge in [-0.3, -0.25) is 4.98 Å². The molecule has 2 aromatic heterocycles. The standard InChI is InChI=1S/C18H22N4O/c1-11(2)9-13(19)18-21-14-7-6-12(10-15(14)22-18)17-16(23-3)5-4-8-20-17/h4-8,10-11,13H,9,19H2,1-3H3,(H,21,22)/t13-/m1/s1. The van der Waals surface area contributed by atoms with Crippen LogP contribution in [-0.2, 0) is 0 Å². The Morgan fingerprint density at radius 2 is 2.09 bits per heavy atom. The summed E-state index contributed by atoms with van der Waals surface area (Å²) in [5.41, 5.74) is 9.91. The smallest absolute Gasteiger partial charge is 0.145 e. The number of imidazole rings is 1. The molecule has 5 heteroatoms. The number of nitrogens with two attached hydrogens (primary N) is 1. The van der Waals surface area contributed by atoms with E-state index >= 15 is 0 Å². The van der Waals surface area contributed by atoms with Crippen molar-refractivity contribution in [2.75, 3.05) is 7.11 Å². The Morgan fingerprint density at radius 3 is 2.83 bits per heavy atom. The predicted octanol–water partition coefficient (Wildman–Crippen LogP) is 3.68. The maximum absolute atomic E-state index is 6.23. The van der Waals surface area contributed by atoms with E-state index in [1.54, 1.807) is 13.3 Å². The number of benzene rings is 1. The van der Waals surface area contributed by atoms with Crippen molar-refractivity contribution in [1.29, 1.82) is 0 Å². The van der Waals surface area contributed by atoms with Gasteiger partial charge < -0.3 is 15.5 Å². The Hall–Kier alpha value is -2.40. The summed E-state index contributed by atoms with van der Waals surface area (Å²) < 4.78 is 5.39. The maximum Gasteiger partial charge on any atom is 0.145 e. The van der Waals surface area contributed by atoms with Crippen LogP contribution < -0.4 is 10.5 Å². The summed E-state index contributed by atoms with van der Waals surface area (Å²) >= 11 is 0. The molecule has 2 heterocycles. The van der Waals surface area contributed by atoms with E-state index in [9.17, 15) is 0 Å². The first-order chi connectivity index (χ1) is 11.1. The van der Waals surface area contributed by atoms with Gasteiger partial charge >= 0.3 is 0 Å². The molecule has 0 aliphatic heterocycles. The van der Waals surface area contributed by atoms with E-state index in [0.29, 0.717) is 5.92 Å². The summed E-state index contributed by atoms with van der Waals surface area (Å²) in [6, 6.07) is 9.73. The molecule has 1 aromatic carbocycles. The molecule has 5 nitrogen and oxygen atoms in total. The van der Waals surface area contributed by atoms with Gasteiger partial charge in [0.05, 0.1) is 24.2 Å². The second-order valence-corrected chi connectivity index (χ2v) is 6.14. The minimum Gasteiger partial charge on any atom is -0.494 e. The Kier molecular flexibility index (Phi) is 4.30. The first-order valence-corrected chi connectivity index (χ1v) is 7.83. The van der Waals surface area contributed by atoms with Crippen LogP contribution in [0.2, 0.25) is 0 Å². The van der Waals surface area contributed by atoms with Crippen LogP contribution in [0.25, 0.3) is 22.3 Å². The monoisotopic (exact) mass is 310 g/mol. The molecule has 0 saturated heterocycles. The Bertz CT molecular complexity index is 810. The van der Waals surface area contributed by atoms with Crippen LogP contribution in [0.3, 0.4) is 0 Å². The zero-order valence-electron chi connectivity index (χ0n) is 13.7. The van der Waals surface area contributed by atoms with Gasteiger partial charge in [0.15, 0.2) is 0 Å². The van der Waals surface area contributed by atoms with Crippen LogP contribution in [0, 0.1) is 5.92 Å². The van der Waals surface area contributed by atoms with Gasteiger partial charge in [0.2, 0.25) is 0 Å². The molecule has 0 aliphatic rings. The molecule has 0 bridgehead atoms. The number of H-pyrrole nitrogens is 1. The molecule has 0 unspecified atom stereocenters. The van der Waals surface area contributed by atoms with Gasteiger partial charge in [-0.15, -0.1) is 0 Å². The number of fused-ring (bicyclic) bond motifs is 1. The minimum atomic E-state index is -0.0739. The Morgan fingerprint density at radius 1 is 1.26 bits per heavy atom. The molecular formula is C18H22N4O. The quantitative estimate of drug-likeness (QED) is 0.753. The van der Waals surface area contributed by atoms with E-state index in [0.717, 1.165) is 40.3 Å². The molecular weight excluding hydrogens is 288 g/mol. The number of nitrogens with zero attached hydrogens (tertiary/aromatic N) is 2. The number of hydrogen-bond acceptors (Lipinski definition) is 4. The number of aromatic amines is 1. The second-order valence-electron chi connectivity index (χ2n) is 6.14. The SMILES string of the molecule is COc1cccnc1-c1ccc2nc([C@H](N)CC(C)C)[nH]c2c1. The van der Waals surface area contributed by atoms with Gasteiger partial charge in [-0.05, 0) is 36.6 Å². The molecule has 0 aliphatic carbocycles. The van der Waals surface area contributed by atoms with E-state index in [-0.39, 0.29) is 6.04 Å². The third kappa shape index (κ3) is 3.19. The lowest BCUT2D eigenvalue weighted by Crippen LogP contribution is -2.14. The van der Waals surface area contributed by atoms with Crippen LogP contribution >= 0.6 is 0 Å². The van der Waals surface area contributed by atoms with E-state index in [1.807, 2.05) is 30.3 Å². The summed E-state index contributed by atoms with van der Waals surface area (Å²) in [7, 11) is 1.65. The number of methoxy groups -OCH3 is 1. The molecule has 0 spiro atoms. The van der Waals surface area contributed by atoms with Gasteiger partial charge in [-0.25, -0.2) is 4.98 Å². The van der Waals surface area contributed by atoms with Crippen molar-refractivity contribution in [1.82, 2.24) is 15.0 Å². The van der Waals surface area contributed by atoms with Crippen molar-refractivity contribution in [3.05, 3.63) is 42.4 Å². The van der Waals surface area contributed by atoms with Crippen molar-refractivity contribution < 1.29 is 4.74 Å². The lowest BCUT2D eigenvalue weighted by molar-refractivity contribution is 0.415. The average molecular weight is 310 g/mol. The van der Waals surface area contributed by atoms with E-state index in [4.69, 9.17) is 10.5 Å². The van der Waals surface area contributed by atoms with Gasteiger partial charge in [0.25, 0.3) is 0 Å². The van der Waals surface area contributed by atoms with Crippen molar-refractivity contribution in [2.24, 2.45) is 11.7 Å². The van der Waals surface area contributed by atoms with E-state index in [2.05, 4.69) is 28.8 Å². The predicted molar refractivity (Wildman–Crippen MR) is 92.3 cm³/mol. The molecule has 0 amide bonds. The van der Waals surface area contributed by atoms with Crippen LogP contribution in [0.1, 0.15) is 32.1 Å². The summed E-state index contributed by atoms with van der Waals surface area (Å²) in [5, 5.41) is 0. The highest BCUT2D eigenvalue weighted by atomic mass is 16.5. The number of rotatable bonds is 5. The normalized spacial score (nSPS) is 12.7. The fourth-order valence-electron chi connectivity index (χ4n) is 2.74. The number of aromatic nitrogens is 3. The summed E-state index contributed by atoms with van der Waals surface area (Å²) in [6.07, 6.45) is 2.67. The van der Waals surface area contributed by atoms with Crippen molar-refractivity contribution in [3.8, 4) is 17.0 Å². The molecule has 3 rings (SSSR count). The molecule has 0 fully saturated rings. The molecule has 3 aromatic rings. The first kappa shape index (κ1) is 15.5. The fraction of sp³-hybridized carbons (Fsp3) is 0.333. The van der Waals surface area contributed by atoms with Crippen LogP contribution in [0.5, 0.6) is 5.75 Å². The van der Waals surface area contributed by atoms with Crippen LogP contribution in [0.4, 0.5) is 0 Å². The minimum absolute atomic E-state index is 0.0739. The highest BCUT2D eigenvalue weighted by Crippen LogP contribution is 2.29. The average Bonchev–Trinajstić information content (AvgIpc) is 2.97. The van der Waals surface area contributed by atoms with Crippen molar-refractivity contribution >= 4 is 11.0 Å². The lowest BCUT2D eigenvalue weighted by Gasteiger charge is -2.10. The zero-order chi connectivity index (χ0) is 16.4. The van der Waals surface area contributed by atoms with E-state index < -0.39 is 0 Å². The maximum atomic E-state index is 6.23. The topological polar surface area (TPSA) is 76.8 Å². The number of hydrogen-bond donors (Lipinski definition) is 2. The molecule has 3 N–H and O–H groups in total. The molecule has 0 saturated carbocycles. The van der Waals surface area contributed by atoms with Gasteiger partial charge in [0.1, 0.15) is 17.3 Å². The molecule has 120 valence electrons. The van der Waals surface area contributed by atoms with Crippen molar-refractivity contribution in [3.63, 3.8) is 0 Å².